The molecule has 136 valence electrons. The summed E-state index contributed by atoms with van der Waals surface area (Å²) in [6.45, 7) is 4.22. The number of ether oxygens (including phenoxy) is 2. The van der Waals surface area contributed by atoms with Gasteiger partial charge in [0.2, 0.25) is 0 Å². The van der Waals surface area contributed by atoms with Gasteiger partial charge < -0.3 is 20.1 Å². The molecule has 2 rings (SSSR count). The maximum Gasteiger partial charge on any atom is 0.254 e. The van der Waals surface area contributed by atoms with E-state index >= 15 is 0 Å². The second kappa shape index (κ2) is 9.93. The lowest BCUT2D eigenvalue weighted by molar-refractivity contribution is 0.0602. The number of nitrogens with two attached hydrogens (primary N) is 1. The minimum absolute atomic E-state index is 0. The van der Waals surface area contributed by atoms with Crippen LogP contribution in [0.1, 0.15) is 29.3 Å². The lowest BCUT2D eigenvalue weighted by atomic mass is 10.1. The first kappa shape index (κ1) is 20.8. The van der Waals surface area contributed by atoms with E-state index in [-0.39, 0.29) is 36.8 Å². The number of hydrogen-bond acceptors (Lipinski definition) is 4. The average Bonchev–Trinajstić information content (AvgIpc) is 2.93. The molecule has 0 bridgehead atoms. The SMILES string of the molecule is COCCOCc1cc(C(=O)N2CC(CN)CC2C)ccc1F.Cl. The van der Waals surface area contributed by atoms with Crippen LogP contribution in [0, 0.1) is 11.7 Å². The van der Waals surface area contributed by atoms with Crippen molar-refractivity contribution in [2.24, 2.45) is 11.7 Å². The zero-order chi connectivity index (χ0) is 16.8. The lowest BCUT2D eigenvalue weighted by Crippen LogP contribution is -2.34. The van der Waals surface area contributed by atoms with Crippen molar-refractivity contribution in [2.45, 2.75) is 26.0 Å². The van der Waals surface area contributed by atoms with Crippen molar-refractivity contribution in [3.63, 3.8) is 0 Å². The summed E-state index contributed by atoms with van der Waals surface area (Å²) in [5, 5.41) is 0. The third-order valence-electron chi connectivity index (χ3n) is 4.24. The van der Waals surface area contributed by atoms with E-state index in [1.807, 2.05) is 11.8 Å². The van der Waals surface area contributed by atoms with Crippen LogP contribution in [0.4, 0.5) is 4.39 Å². The Balaban J connectivity index is 0.00000288. The predicted molar refractivity (Wildman–Crippen MR) is 92.8 cm³/mol. The molecule has 1 aromatic rings. The normalized spacial score (nSPS) is 20.1. The molecule has 0 saturated carbocycles. The smallest absolute Gasteiger partial charge is 0.254 e. The van der Waals surface area contributed by atoms with Crippen molar-refractivity contribution >= 4 is 18.3 Å². The van der Waals surface area contributed by atoms with Gasteiger partial charge in [-0.15, -0.1) is 12.4 Å². The van der Waals surface area contributed by atoms with Crippen LogP contribution in [0.5, 0.6) is 0 Å². The van der Waals surface area contributed by atoms with Crippen LogP contribution in [0.3, 0.4) is 0 Å². The Morgan fingerprint density at radius 3 is 2.79 bits per heavy atom. The van der Waals surface area contributed by atoms with Gasteiger partial charge in [0.1, 0.15) is 5.82 Å². The summed E-state index contributed by atoms with van der Waals surface area (Å²) in [6, 6.07) is 4.58. The Bertz CT molecular complexity index is 545. The molecule has 1 aromatic carbocycles. The van der Waals surface area contributed by atoms with Gasteiger partial charge in [0.05, 0.1) is 19.8 Å². The number of carbonyl (C=O) groups is 1. The molecular formula is C17H26ClFN2O3. The number of carbonyl (C=O) groups excluding carboxylic acids is 1. The number of halogens is 2. The molecule has 1 fully saturated rings. The quantitative estimate of drug-likeness (QED) is 0.757. The third-order valence-corrected chi connectivity index (χ3v) is 4.24. The second-order valence-corrected chi connectivity index (χ2v) is 6.00. The van der Waals surface area contributed by atoms with Gasteiger partial charge >= 0.3 is 0 Å². The Morgan fingerprint density at radius 1 is 1.42 bits per heavy atom. The van der Waals surface area contributed by atoms with Gasteiger partial charge in [-0.1, -0.05) is 0 Å². The summed E-state index contributed by atoms with van der Waals surface area (Å²) in [5.41, 5.74) is 6.58. The summed E-state index contributed by atoms with van der Waals surface area (Å²) in [5.74, 6) is -0.105. The molecule has 1 aliphatic heterocycles. The lowest BCUT2D eigenvalue weighted by Gasteiger charge is -2.22. The monoisotopic (exact) mass is 360 g/mol. The van der Waals surface area contributed by atoms with E-state index in [4.69, 9.17) is 15.2 Å². The fourth-order valence-corrected chi connectivity index (χ4v) is 2.90. The Labute approximate surface area is 148 Å². The molecule has 0 radical (unpaired) electrons. The average molecular weight is 361 g/mol. The minimum Gasteiger partial charge on any atom is -0.382 e. The highest BCUT2D eigenvalue weighted by Crippen LogP contribution is 2.24. The van der Waals surface area contributed by atoms with E-state index in [0.717, 1.165) is 6.42 Å². The number of likely N-dealkylation sites (tertiary alicyclic amines) is 1. The molecule has 2 atom stereocenters. The molecule has 1 saturated heterocycles. The molecule has 0 spiro atoms. The molecule has 24 heavy (non-hydrogen) atoms. The first-order chi connectivity index (χ1) is 11.1. The zero-order valence-electron chi connectivity index (χ0n) is 14.2. The Morgan fingerprint density at radius 2 is 2.17 bits per heavy atom. The van der Waals surface area contributed by atoms with Crippen LogP contribution in [0.2, 0.25) is 0 Å². The summed E-state index contributed by atoms with van der Waals surface area (Å²) in [7, 11) is 1.58. The third kappa shape index (κ3) is 5.14. The Kier molecular flexibility index (Phi) is 8.62. The number of amides is 1. The second-order valence-electron chi connectivity index (χ2n) is 6.00. The van der Waals surface area contributed by atoms with Gasteiger partial charge in [-0.25, -0.2) is 4.39 Å². The maximum absolute atomic E-state index is 13.9. The molecule has 1 aliphatic rings. The fraction of sp³-hybridized carbons (Fsp3) is 0.588. The highest BCUT2D eigenvalue weighted by molar-refractivity contribution is 5.94. The van der Waals surface area contributed by atoms with Crippen molar-refractivity contribution < 1.29 is 18.7 Å². The van der Waals surface area contributed by atoms with Gasteiger partial charge in [0.15, 0.2) is 0 Å². The summed E-state index contributed by atoms with van der Waals surface area (Å²) in [4.78, 5) is 14.5. The number of benzene rings is 1. The van der Waals surface area contributed by atoms with E-state index in [9.17, 15) is 9.18 Å². The Hall–Kier alpha value is -1.21. The van der Waals surface area contributed by atoms with Gasteiger partial charge in [0, 0.05) is 30.8 Å². The van der Waals surface area contributed by atoms with Gasteiger partial charge in [-0.2, -0.15) is 0 Å². The number of methoxy groups -OCH3 is 1. The molecule has 0 aliphatic carbocycles. The van der Waals surface area contributed by atoms with Crippen molar-refractivity contribution in [2.75, 3.05) is 33.4 Å². The number of rotatable bonds is 7. The van der Waals surface area contributed by atoms with Crippen molar-refractivity contribution in [1.82, 2.24) is 4.90 Å². The minimum atomic E-state index is -0.367. The van der Waals surface area contributed by atoms with Crippen LogP contribution in [0.15, 0.2) is 18.2 Å². The van der Waals surface area contributed by atoms with E-state index < -0.39 is 0 Å². The standard InChI is InChI=1S/C17H25FN2O3.ClH/c1-12-7-13(9-19)10-20(12)17(21)14-3-4-16(18)15(8-14)11-23-6-5-22-2;/h3-4,8,12-13H,5-7,9-11,19H2,1-2H3;1H. The summed E-state index contributed by atoms with van der Waals surface area (Å²) in [6.07, 6.45) is 0.913. The summed E-state index contributed by atoms with van der Waals surface area (Å²) >= 11 is 0. The van der Waals surface area contributed by atoms with E-state index in [0.29, 0.717) is 43.3 Å². The first-order valence-corrected chi connectivity index (χ1v) is 7.93. The van der Waals surface area contributed by atoms with E-state index in [2.05, 4.69) is 0 Å². The maximum atomic E-state index is 13.9. The van der Waals surface area contributed by atoms with Crippen LogP contribution in [-0.4, -0.2) is 50.3 Å². The van der Waals surface area contributed by atoms with Crippen LogP contribution in [-0.2, 0) is 16.1 Å². The largest absolute Gasteiger partial charge is 0.382 e. The van der Waals surface area contributed by atoms with Crippen LogP contribution in [0.25, 0.3) is 0 Å². The topological polar surface area (TPSA) is 64.8 Å². The molecule has 2 N–H and O–H groups in total. The first-order valence-electron chi connectivity index (χ1n) is 7.93. The van der Waals surface area contributed by atoms with Crippen molar-refractivity contribution in [1.29, 1.82) is 0 Å². The van der Waals surface area contributed by atoms with Gasteiger partial charge in [-0.05, 0) is 44.0 Å². The number of nitrogens with zero attached hydrogens (tertiary/aromatic N) is 1. The molecule has 5 nitrogen and oxygen atoms in total. The van der Waals surface area contributed by atoms with E-state index in [1.54, 1.807) is 13.2 Å². The molecule has 0 aromatic heterocycles. The highest BCUT2D eigenvalue weighted by Gasteiger charge is 2.32. The van der Waals surface area contributed by atoms with Crippen LogP contribution >= 0.6 is 12.4 Å². The molecule has 7 heteroatoms. The molecule has 2 unspecified atom stereocenters. The van der Waals surface area contributed by atoms with Gasteiger partial charge in [-0.3, -0.25) is 4.79 Å². The molecule has 1 amide bonds. The van der Waals surface area contributed by atoms with Crippen molar-refractivity contribution in [3.05, 3.63) is 35.1 Å². The fourth-order valence-electron chi connectivity index (χ4n) is 2.90. The number of hydrogen-bond donors (Lipinski definition) is 1. The highest BCUT2D eigenvalue weighted by atomic mass is 35.5. The van der Waals surface area contributed by atoms with Crippen molar-refractivity contribution in [3.8, 4) is 0 Å². The van der Waals surface area contributed by atoms with Gasteiger partial charge in [0.25, 0.3) is 5.91 Å². The predicted octanol–water partition coefficient (Wildman–Crippen LogP) is 2.22. The molecule has 1 heterocycles. The van der Waals surface area contributed by atoms with E-state index in [1.165, 1.54) is 12.1 Å². The molecular weight excluding hydrogens is 335 g/mol. The zero-order valence-corrected chi connectivity index (χ0v) is 15.0. The summed E-state index contributed by atoms with van der Waals surface area (Å²) < 4.78 is 24.1. The van der Waals surface area contributed by atoms with Crippen LogP contribution < -0.4 is 5.73 Å².